The van der Waals surface area contributed by atoms with Crippen LogP contribution in [0.5, 0.6) is 11.8 Å². The highest BCUT2D eigenvalue weighted by Crippen LogP contribution is 2.45. The van der Waals surface area contributed by atoms with Gasteiger partial charge in [-0.05, 0) is 72.3 Å². The zero-order valence-corrected chi connectivity index (χ0v) is 28.5. The summed E-state index contributed by atoms with van der Waals surface area (Å²) in [7, 11) is -1.92. The predicted molar refractivity (Wildman–Crippen MR) is 184 cm³/mol. The van der Waals surface area contributed by atoms with Crippen molar-refractivity contribution in [2.75, 3.05) is 5.73 Å². The van der Waals surface area contributed by atoms with Crippen LogP contribution in [0.25, 0.3) is 33.4 Å². The number of fused-ring (bicyclic) bond motifs is 5. The number of nitrogens with zero attached hydrogens (tertiary/aromatic N) is 6. The number of ether oxygens (including phenoxy) is 1. The third kappa shape index (κ3) is 5.43. The number of aromatic nitrogens is 6. The maximum Gasteiger partial charge on any atom is 0.322 e. The number of aryl methyl sites for hydroxylation is 3. The highest BCUT2D eigenvalue weighted by Gasteiger charge is 2.41. The summed E-state index contributed by atoms with van der Waals surface area (Å²) >= 11 is 0. The second-order valence-electron chi connectivity index (χ2n) is 13.0. The van der Waals surface area contributed by atoms with E-state index < -0.39 is 13.9 Å². The highest BCUT2D eigenvalue weighted by atomic mass is 28.3. The van der Waals surface area contributed by atoms with Gasteiger partial charge in [-0.25, -0.2) is 29.3 Å². The Labute approximate surface area is 270 Å². The van der Waals surface area contributed by atoms with Crippen molar-refractivity contribution in [3.63, 3.8) is 0 Å². The van der Waals surface area contributed by atoms with Crippen molar-refractivity contribution < 1.29 is 9.13 Å². The van der Waals surface area contributed by atoms with Crippen molar-refractivity contribution >= 4 is 24.9 Å². The first-order valence-electron chi connectivity index (χ1n) is 15.9. The van der Waals surface area contributed by atoms with Crippen LogP contribution in [0.2, 0.25) is 16.6 Å². The Bertz CT molecular complexity index is 1990. The van der Waals surface area contributed by atoms with E-state index in [9.17, 15) is 0 Å². The molecule has 0 aliphatic carbocycles. The second-order valence-corrected chi connectivity index (χ2v) is 18.6. The monoisotopic (exact) mass is 633 g/mol. The number of benzene rings is 1. The van der Waals surface area contributed by atoms with E-state index >= 15 is 4.39 Å². The van der Waals surface area contributed by atoms with Crippen molar-refractivity contribution in [3.05, 3.63) is 71.8 Å². The first kappa shape index (κ1) is 31.4. The Hall–Kier alpha value is -4.62. The van der Waals surface area contributed by atoms with E-state index in [0.29, 0.717) is 45.6 Å². The van der Waals surface area contributed by atoms with Gasteiger partial charge in [-0.1, -0.05) is 53.5 Å². The summed E-state index contributed by atoms with van der Waals surface area (Å²) in [5, 5.41) is 0.686. The fourth-order valence-electron chi connectivity index (χ4n) is 7.27. The standard InChI is InChI=1S/C36H40FN7OSi/c1-21(2)46(22(3)4,23(5)6)18-15-26-11-12-27-29(43-26)9-8-17-44-33(27)31(32-34(38)40-20-41-35(32)44)25-10-13-30(28(37)19-25)45-36-39-16-14-24(7)42-36/h10-14,16,19-23H,8-9,17H2,1-7H3,(H2,38,40,41). The first-order chi connectivity index (χ1) is 22.0. The average Bonchev–Trinajstić information content (AvgIpc) is 3.21. The first-order valence-corrected chi connectivity index (χ1v) is 18.2. The lowest BCUT2D eigenvalue weighted by molar-refractivity contribution is 0.410. The van der Waals surface area contributed by atoms with Gasteiger partial charge >= 0.3 is 6.01 Å². The summed E-state index contributed by atoms with van der Waals surface area (Å²) in [6.07, 6.45) is 4.70. The molecule has 5 aromatic rings. The Balaban J connectivity index is 1.49. The average molecular weight is 634 g/mol. The third-order valence-electron chi connectivity index (χ3n) is 9.36. The van der Waals surface area contributed by atoms with E-state index in [1.54, 1.807) is 18.3 Å². The summed E-state index contributed by atoms with van der Waals surface area (Å²) in [6.45, 7) is 16.4. The van der Waals surface area contributed by atoms with E-state index in [0.717, 1.165) is 46.7 Å². The Morgan fingerprint density at radius 1 is 0.957 bits per heavy atom. The molecule has 8 nitrogen and oxygen atoms in total. The molecule has 0 unspecified atom stereocenters. The highest BCUT2D eigenvalue weighted by molar-refractivity contribution is 6.90. The number of nitrogens with two attached hydrogens (primary N) is 1. The molecule has 0 amide bonds. The van der Waals surface area contributed by atoms with Gasteiger partial charge in [0.15, 0.2) is 11.6 Å². The number of hydrogen-bond acceptors (Lipinski definition) is 7. The number of rotatable bonds is 6. The van der Waals surface area contributed by atoms with E-state index in [4.69, 9.17) is 15.5 Å². The number of anilines is 1. The Kier molecular flexibility index (Phi) is 8.38. The maximum absolute atomic E-state index is 15.7. The zero-order valence-electron chi connectivity index (χ0n) is 27.5. The SMILES string of the molecule is Cc1ccnc(Oc2ccc(-c3c4n(c5ncnc(N)c35)CCCc3nc(C#C[Si](C(C)C)(C(C)C)C(C)C)ccc3-4)cc2F)n1. The lowest BCUT2D eigenvalue weighted by Gasteiger charge is -2.38. The zero-order chi connectivity index (χ0) is 32.7. The van der Waals surface area contributed by atoms with Crippen LogP contribution in [-0.4, -0.2) is 37.6 Å². The molecule has 0 saturated heterocycles. The maximum atomic E-state index is 15.7. The second kappa shape index (κ2) is 12.3. The van der Waals surface area contributed by atoms with Gasteiger partial charge in [0.2, 0.25) is 0 Å². The Morgan fingerprint density at radius 3 is 2.41 bits per heavy atom. The molecule has 10 heteroatoms. The number of hydrogen-bond donors (Lipinski definition) is 1. The lowest BCUT2D eigenvalue weighted by Crippen LogP contribution is -2.43. The minimum absolute atomic E-state index is 0.0299. The van der Waals surface area contributed by atoms with Crippen LogP contribution in [-0.2, 0) is 13.0 Å². The molecular formula is C36H40FN7OSi. The number of halogens is 1. The molecule has 0 radical (unpaired) electrons. The van der Waals surface area contributed by atoms with Crippen LogP contribution in [0.4, 0.5) is 10.2 Å². The molecule has 236 valence electrons. The van der Waals surface area contributed by atoms with Gasteiger partial charge in [0, 0.05) is 29.6 Å². The van der Waals surface area contributed by atoms with E-state index in [1.165, 1.54) is 12.4 Å². The summed E-state index contributed by atoms with van der Waals surface area (Å²) in [5.74, 6) is 3.34. The van der Waals surface area contributed by atoms with Gasteiger partial charge in [0.1, 0.15) is 31.6 Å². The minimum Gasteiger partial charge on any atom is -0.421 e. The van der Waals surface area contributed by atoms with Crippen molar-refractivity contribution in [2.45, 2.75) is 84.5 Å². The van der Waals surface area contributed by atoms with Crippen molar-refractivity contribution in [3.8, 4) is 45.6 Å². The molecule has 46 heavy (non-hydrogen) atoms. The molecule has 0 spiro atoms. The van der Waals surface area contributed by atoms with Gasteiger partial charge in [-0.3, -0.25) is 0 Å². The third-order valence-corrected chi connectivity index (χ3v) is 15.7. The van der Waals surface area contributed by atoms with Gasteiger partial charge in [-0.2, -0.15) is 0 Å². The van der Waals surface area contributed by atoms with Gasteiger partial charge in [-0.15, -0.1) is 5.54 Å². The van der Waals surface area contributed by atoms with Crippen LogP contribution in [0.15, 0.2) is 48.9 Å². The molecule has 6 rings (SSSR count). The fourth-order valence-corrected chi connectivity index (χ4v) is 12.5. The molecule has 0 saturated carbocycles. The van der Waals surface area contributed by atoms with Crippen molar-refractivity contribution in [1.29, 1.82) is 0 Å². The van der Waals surface area contributed by atoms with Crippen LogP contribution in [0.1, 0.15) is 65.0 Å². The molecule has 1 aliphatic heterocycles. The minimum atomic E-state index is -1.92. The van der Waals surface area contributed by atoms with E-state index in [2.05, 4.69) is 83.6 Å². The Morgan fingerprint density at radius 2 is 1.72 bits per heavy atom. The number of pyridine rings is 1. The van der Waals surface area contributed by atoms with Crippen molar-refractivity contribution in [1.82, 2.24) is 29.5 Å². The van der Waals surface area contributed by atoms with Crippen LogP contribution in [0.3, 0.4) is 0 Å². The van der Waals surface area contributed by atoms with E-state index in [-0.39, 0.29) is 11.8 Å². The van der Waals surface area contributed by atoms with Crippen molar-refractivity contribution in [2.24, 2.45) is 0 Å². The van der Waals surface area contributed by atoms with Crippen LogP contribution >= 0.6 is 0 Å². The smallest absolute Gasteiger partial charge is 0.322 e. The topological polar surface area (TPSA) is 105 Å². The number of nitrogen functional groups attached to an aromatic ring is 1. The largest absolute Gasteiger partial charge is 0.421 e. The summed E-state index contributed by atoms with van der Waals surface area (Å²) in [4.78, 5) is 22.4. The van der Waals surface area contributed by atoms with Crippen LogP contribution in [0, 0.1) is 24.2 Å². The van der Waals surface area contributed by atoms with E-state index in [1.807, 2.05) is 19.1 Å². The van der Waals surface area contributed by atoms with Crippen LogP contribution < -0.4 is 10.5 Å². The molecule has 4 aromatic heterocycles. The molecular weight excluding hydrogens is 594 g/mol. The molecule has 0 bridgehead atoms. The molecule has 1 aromatic carbocycles. The molecule has 2 N–H and O–H groups in total. The summed E-state index contributed by atoms with van der Waals surface area (Å²) in [6, 6.07) is 10.8. The summed E-state index contributed by atoms with van der Waals surface area (Å²) in [5.41, 5.74) is 18.4. The quantitative estimate of drug-likeness (QED) is 0.148. The molecule has 0 atom stereocenters. The fraction of sp³-hybridized carbons (Fsp3) is 0.361. The molecule has 0 fully saturated rings. The van der Waals surface area contributed by atoms with Gasteiger partial charge < -0.3 is 15.0 Å². The van der Waals surface area contributed by atoms with Gasteiger partial charge in [0.25, 0.3) is 0 Å². The lowest BCUT2D eigenvalue weighted by atomic mass is 9.97. The molecule has 5 heterocycles. The normalized spacial score (nSPS) is 13.0. The summed E-state index contributed by atoms with van der Waals surface area (Å²) < 4.78 is 23.5. The van der Waals surface area contributed by atoms with Gasteiger partial charge in [0.05, 0.1) is 16.8 Å². The predicted octanol–water partition coefficient (Wildman–Crippen LogP) is 8.29. The molecule has 1 aliphatic rings.